The van der Waals surface area contributed by atoms with Crippen LogP contribution in [0.2, 0.25) is 0 Å². The summed E-state index contributed by atoms with van der Waals surface area (Å²) in [5.74, 6) is 0.887. The highest BCUT2D eigenvalue weighted by Crippen LogP contribution is 2.39. The summed E-state index contributed by atoms with van der Waals surface area (Å²) in [6, 6.07) is 4.57. The van der Waals surface area contributed by atoms with Crippen molar-refractivity contribution in [1.29, 1.82) is 0 Å². The van der Waals surface area contributed by atoms with E-state index in [1.165, 1.54) is 24.8 Å². The van der Waals surface area contributed by atoms with Gasteiger partial charge in [0.15, 0.2) is 0 Å². The van der Waals surface area contributed by atoms with Crippen LogP contribution in [0.4, 0.5) is 17.1 Å². The second-order valence-corrected chi connectivity index (χ2v) is 5.68. The number of amides is 1. The van der Waals surface area contributed by atoms with Crippen molar-refractivity contribution in [3.05, 3.63) is 17.7 Å². The Labute approximate surface area is 113 Å². The lowest BCUT2D eigenvalue weighted by Crippen LogP contribution is -2.19. The van der Waals surface area contributed by atoms with Gasteiger partial charge >= 0.3 is 0 Å². The molecule has 1 aliphatic carbocycles. The van der Waals surface area contributed by atoms with Crippen LogP contribution in [0.3, 0.4) is 0 Å². The topological polar surface area (TPSA) is 67.2 Å². The number of hydrogen-bond donors (Lipinski definition) is 3. The van der Waals surface area contributed by atoms with E-state index in [0.29, 0.717) is 12.5 Å². The average molecular weight is 259 g/mol. The Morgan fingerprint density at radius 2 is 2.26 bits per heavy atom. The fourth-order valence-corrected chi connectivity index (χ4v) is 2.88. The van der Waals surface area contributed by atoms with Crippen molar-refractivity contribution in [3.63, 3.8) is 0 Å². The molecule has 2 aliphatic rings. The third-order valence-corrected chi connectivity index (χ3v) is 4.09. The summed E-state index contributed by atoms with van der Waals surface area (Å²) in [6.45, 7) is 2.23. The maximum Gasteiger partial charge on any atom is 0.224 e. The smallest absolute Gasteiger partial charge is 0.224 e. The van der Waals surface area contributed by atoms with Crippen molar-refractivity contribution in [2.45, 2.75) is 45.1 Å². The summed E-state index contributed by atoms with van der Waals surface area (Å²) in [7, 11) is 0. The first-order chi connectivity index (χ1) is 9.17. The Morgan fingerprint density at radius 3 is 3.05 bits per heavy atom. The third kappa shape index (κ3) is 2.53. The molecule has 1 aromatic rings. The van der Waals surface area contributed by atoms with Crippen molar-refractivity contribution in [2.75, 3.05) is 16.4 Å². The van der Waals surface area contributed by atoms with Gasteiger partial charge in [-0.05, 0) is 42.9 Å². The van der Waals surface area contributed by atoms with Crippen molar-refractivity contribution in [1.82, 2.24) is 0 Å². The van der Waals surface area contributed by atoms with Gasteiger partial charge in [0, 0.05) is 18.2 Å². The molecule has 1 saturated carbocycles. The summed E-state index contributed by atoms with van der Waals surface area (Å²) in [6.07, 6.45) is 5.16. The minimum atomic E-state index is 0.0813. The number of nitrogen functional groups attached to an aromatic ring is 1. The number of rotatable bonds is 4. The van der Waals surface area contributed by atoms with Gasteiger partial charge in [0.1, 0.15) is 0 Å². The number of aryl methyl sites for hydroxylation is 1. The molecule has 0 radical (unpaired) electrons. The molecule has 4 heteroatoms. The summed E-state index contributed by atoms with van der Waals surface area (Å²) >= 11 is 0. The zero-order valence-corrected chi connectivity index (χ0v) is 11.3. The first-order valence-electron chi connectivity index (χ1n) is 7.16. The summed E-state index contributed by atoms with van der Waals surface area (Å²) < 4.78 is 0. The van der Waals surface area contributed by atoms with E-state index in [2.05, 4.69) is 23.6 Å². The molecule has 1 aliphatic heterocycles. The van der Waals surface area contributed by atoms with E-state index in [1.807, 2.05) is 6.07 Å². The van der Waals surface area contributed by atoms with Crippen LogP contribution in [0.1, 0.15) is 38.2 Å². The van der Waals surface area contributed by atoms with Crippen molar-refractivity contribution < 1.29 is 4.79 Å². The molecular weight excluding hydrogens is 238 g/mol. The highest BCUT2D eigenvalue weighted by molar-refractivity contribution is 5.95. The van der Waals surface area contributed by atoms with E-state index < -0.39 is 0 Å². The molecule has 2 atom stereocenters. The minimum Gasteiger partial charge on any atom is -0.397 e. The van der Waals surface area contributed by atoms with E-state index in [-0.39, 0.29) is 5.91 Å². The molecule has 0 spiro atoms. The fraction of sp³-hybridized carbons (Fsp3) is 0.533. The van der Waals surface area contributed by atoms with Crippen LogP contribution < -0.4 is 16.4 Å². The van der Waals surface area contributed by atoms with E-state index in [1.54, 1.807) is 0 Å². The molecule has 2 unspecified atom stereocenters. The normalized spacial score (nSPS) is 24.6. The highest BCUT2D eigenvalue weighted by atomic mass is 16.1. The zero-order valence-electron chi connectivity index (χ0n) is 11.3. The van der Waals surface area contributed by atoms with Crippen LogP contribution >= 0.6 is 0 Å². The van der Waals surface area contributed by atoms with E-state index in [4.69, 9.17) is 5.73 Å². The molecule has 0 saturated heterocycles. The molecule has 1 aromatic carbocycles. The number of nitrogens with two attached hydrogens (primary N) is 1. The molecule has 0 bridgehead atoms. The van der Waals surface area contributed by atoms with Crippen molar-refractivity contribution in [2.24, 2.45) is 5.92 Å². The summed E-state index contributed by atoms with van der Waals surface area (Å²) in [5, 5.41) is 6.42. The van der Waals surface area contributed by atoms with E-state index >= 15 is 0 Å². The predicted octanol–water partition coefficient (Wildman–Crippen LogP) is 2.75. The van der Waals surface area contributed by atoms with E-state index in [0.717, 1.165) is 29.4 Å². The van der Waals surface area contributed by atoms with Gasteiger partial charge in [-0.2, -0.15) is 0 Å². The Kier molecular flexibility index (Phi) is 3.09. The molecule has 4 nitrogen and oxygen atoms in total. The van der Waals surface area contributed by atoms with Crippen molar-refractivity contribution >= 4 is 23.0 Å². The number of benzene rings is 1. The van der Waals surface area contributed by atoms with E-state index in [9.17, 15) is 4.79 Å². The van der Waals surface area contributed by atoms with Crippen LogP contribution in [0.25, 0.3) is 0 Å². The average Bonchev–Trinajstić information content (AvgIpc) is 3.09. The molecular formula is C15H21N3O. The predicted molar refractivity (Wildman–Crippen MR) is 78.2 cm³/mol. The third-order valence-electron chi connectivity index (χ3n) is 4.09. The van der Waals surface area contributed by atoms with Gasteiger partial charge in [0.25, 0.3) is 0 Å². The number of fused-ring (bicyclic) bond motifs is 1. The molecule has 4 N–H and O–H groups in total. The maximum atomic E-state index is 11.4. The molecule has 1 amide bonds. The van der Waals surface area contributed by atoms with Gasteiger partial charge in [-0.15, -0.1) is 0 Å². The number of anilines is 3. The van der Waals surface area contributed by atoms with Crippen molar-refractivity contribution in [3.8, 4) is 0 Å². The second kappa shape index (κ2) is 4.76. The first kappa shape index (κ1) is 12.3. The van der Waals surface area contributed by atoms with Gasteiger partial charge in [-0.1, -0.05) is 13.3 Å². The van der Waals surface area contributed by atoms with Crippen LogP contribution in [0.15, 0.2) is 12.1 Å². The Bertz CT molecular complexity index is 512. The van der Waals surface area contributed by atoms with Gasteiger partial charge in [0.2, 0.25) is 5.91 Å². The molecule has 19 heavy (non-hydrogen) atoms. The quantitative estimate of drug-likeness (QED) is 0.728. The number of carbonyl (C=O) groups is 1. The highest BCUT2D eigenvalue weighted by Gasteiger charge is 2.36. The zero-order chi connectivity index (χ0) is 13.4. The Balaban J connectivity index is 1.74. The van der Waals surface area contributed by atoms with Crippen LogP contribution in [0.5, 0.6) is 0 Å². The standard InChI is InChI=1S/C15H21N3O/c1-2-3-9-6-12(9)17-14-7-10-4-5-15(19)18-13(10)8-11(14)16/h7-9,12,17H,2-6,16H2,1H3,(H,18,19). The molecule has 1 fully saturated rings. The number of carbonyl (C=O) groups excluding carboxylic acids is 1. The minimum absolute atomic E-state index is 0.0813. The summed E-state index contributed by atoms with van der Waals surface area (Å²) in [5.41, 5.74) is 9.88. The first-order valence-corrected chi connectivity index (χ1v) is 7.16. The van der Waals surface area contributed by atoms with Gasteiger partial charge in [-0.3, -0.25) is 4.79 Å². The Hall–Kier alpha value is -1.71. The lowest BCUT2D eigenvalue weighted by molar-refractivity contribution is -0.116. The van der Waals surface area contributed by atoms with Crippen LogP contribution in [-0.4, -0.2) is 11.9 Å². The number of hydrogen-bond acceptors (Lipinski definition) is 3. The van der Waals surface area contributed by atoms with Gasteiger partial charge < -0.3 is 16.4 Å². The molecule has 0 aromatic heterocycles. The largest absolute Gasteiger partial charge is 0.397 e. The Morgan fingerprint density at radius 1 is 1.42 bits per heavy atom. The van der Waals surface area contributed by atoms with Gasteiger partial charge in [0.05, 0.1) is 11.4 Å². The SMILES string of the molecule is CCCC1CC1Nc1cc2c(cc1N)NC(=O)CC2. The summed E-state index contributed by atoms with van der Waals surface area (Å²) in [4.78, 5) is 11.4. The lowest BCUT2D eigenvalue weighted by Gasteiger charge is -2.20. The monoisotopic (exact) mass is 259 g/mol. The fourth-order valence-electron chi connectivity index (χ4n) is 2.88. The number of nitrogens with one attached hydrogen (secondary N) is 2. The second-order valence-electron chi connectivity index (χ2n) is 5.68. The van der Waals surface area contributed by atoms with Crippen LogP contribution in [0, 0.1) is 5.92 Å². The van der Waals surface area contributed by atoms with Crippen LogP contribution in [-0.2, 0) is 11.2 Å². The maximum absolute atomic E-state index is 11.4. The molecule has 3 rings (SSSR count). The molecule has 102 valence electrons. The van der Waals surface area contributed by atoms with Gasteiger partial charge in [-0.25, -0.2) is 0 Å². The lowest BCUT2D eigenvalue weighted by atomic mass is 10.0. The molecule has 1 heterocycles.